The zero-order valence-corrected chi connectivity index (χ0v) is 8.93. The molecule has 0 aliphatic rings. The van der Waals surface area contributed by atoms with Crippen molar-refractivity contribution in [2.75, 3.05) is 0 Å². The summed E-state index contributed by atoms with van der Waals surface area (Å²) in [6, 6.07) is 1.18. The number of hydrogen-bond acceptors (Lipinski definition) is 4. The van der Waals surface area contributed by atoms with Gasteiger partial charge >= 0.3 is 11.7 Å². The number of pyridine rings is 1. The van der Waals surface area contributed by atoms with Crippen LogP contribution < -0.4 is 0 Å². The molecule has 16 heavy (non-hydrogen) atoms. The van der Waals surface area contributed by atoms with E-state index in [1.807, 2.05) is 0 Å². The molecule has 0 atom stereocenters. The average Bonchev–Trinajstić information content (AvgIpc) is 2.15. The van der Waals surface area contributed by atoms with Gasteiger partial charge in [-0.05, 0) is 13.0 Å². The molecular weight excluding hydrogens is 236 g/mol. The lowest BCUT2D eigenvalue weighted by Gasteiger charge is -2.00. The minimum absolute atomic E-state index is 0.213. The summed E-state index contributed by atoms with van der Waals surface area (Å²) in [5, 5.41) is 18.8. The molecule has 0 saturated carbocycles. The van der Waals surface area contributed by atoms with Crippen LogP contribution in [0.4, 0.5) is 5.69 Å². The van der Waals surface area contributed by atoms with E-state index in [-0.39, 0.29) is 10.8 Å². The second-order valence-electron chi connectivity index (χ2n) is 2.90. The summed E-state index contributed by atoms with van der Waals surface area (Å²) >= 11 is 5.57. The molecule has 0 aliphatic heterocycles. The Bertz CT molecular complexity index is 485. The molecule has 1 heterocycles. The number of rotatable bonds is 3. The number of halogens is 1. The highest BCUT2D eigenvalue weighted by Gasteiger charge is 2.15. The molecule has 6 nitrogen and oxygen atoms in total. The van der Waals surface area contributed by atoms with Crippen LogP contribution >= 0.6 is 11.6 Å². The smallest absolute Gasteiger partial charge is 0.328 e. The van der Waals surface area contributed by atoms with Crippen molar-refractivity contribution < 1.29 is 14.8 Å². The first-order valence-electron chi connectivity index (χ1n) is 4.14. The highest BCUT2D eigenvalue weighted by Crippen LogP contribution is 2.25. The fourth-order valence-corrected chi connectivity index (χ4v) is 1.29. The molecule has 0 spiro atoms. The summed E-state index contributed by atoms with van der Waals surface area (Å²) in [5.74, 6) is -1.14. The predicted molar refractivity (Wildman–Crippen MR) is 57.3 cm³/mol. The molecule has 0 bridgehead atoms. The van der Waals surface area contributed by atoms with Crippen LogP contribution in [0.25, 0.3) is 6.08 Å². The van der Waals surface area contributed by atoms with E-state index in [4.69, 9.17) is 16.7 Å². The van der Waals surface area contributed by atoms with Crippen molar-refractivity contribution in [3.05, 3.63) is 38.7 Å². The first-order chi connectivity index (χ1) is 7.41. The topological polar surface area (TPSA) is 93.3 Å². The zero-order chi connectivity index (χ0) is 12.3. The summed E-state index contributed by atoms with van der Waals surface area (Å²) in [6.45, 7) is 1.58. The number of nitrogens with zero attached hydrogens (tertiary/aromatic N) is 2. The summed E-state index contributed by atoms with van der Waals surface area (Å²) in [4.78, 5) is 23.9. The SMILES string of the molecule is Cc1nc(Cl)c([N+](=O)[O-])cc1C=CC(=O)O. The number of aryl methyl sites for hydroxylation is 1. The molecule has 1 aromatic heterocycles. The number of aromatic nitrogens is 1. The van der Waals surface area contributed by atoms with Crippen molar-refractivity contribution in [3.8, 4) is 0 Å². The Labute approximate surface area is 95.3 Å². The second-order valence-corrected chi connectivity index (χ2v) is 3.26. The molecule has 0 aromatic carbocycles. The Morgan fingerprint density at radius 3 is 2.81 bits per heavy atom. The van der Waals surface area contributed by atoms with Gasteiger partial charge in [0.05, 0.1) is 4.92 Å². The highest BCUT2D eigenvalue weighted by atomic mass is 35.5. The third kappa shape index (κ3) is 2.77. The Hall–Kier alpha value is -1.95. The Balaban J connectivity index is 3.25. The Kier molecular flexibility index (Phi) is 3.57. The normalized spacial score (nSPS) is 10.6. The van der Waals surface area contributed by atoms with Crippen molar-refractivity contribution in [3.63, 3.8) is 0 Å². The molecule has 0 fully saturated rings. The fourth-order valence-electron chi connectivity index (χ4n) is 1.04. The standard InChI is InChI=1S/C9H7ClN2O4/c1-5-6(2-3-8(13)14)4-7(12(15)16)9(10)11-5/h2-4H,1H3,(H,13,14). The van der Waals surface area contributed by atoms with E-state index < -0.39 is 10.9 Å². The lowest BCUT2D eigenvalue weighted by molar-refractivity contribution is -0.385. The van der Waals surface area contributed by atoms with Crippen LogP contribution in [-0.2, 0) is 4.79 Å². The minimum atomic E-state index is -1.14. The molecule has 1 N–H and O–H groups in total. The number of carboxylic acids is 1. The van der Waals surface area contributed by atoms with Gasteiger partial charge < -0.3 is 5.11 Å². The molecule has 1 rings (SSSR count). The molecule has 0 amide bonds. The number of carbonyl (C=O) groups is 1. The summed E-state index contributed by atoms with van der Waals surface area (Å²) < 4.78 is 0. The van der Waals surface area contributed by atoms with E-state index in [2.05, 4.69) is 4.98 Å². The van der Waals surface area contributed by atoms with E-state index in [0.29, 0.717) is 11.3 Å². The van der Waals surface area contributed by atoms with Crippen LogP contribution in [0.15, 0.2) is 12.1 Å². The van der Waals surface area contributed by atoms with Crippen LogP contribution in [0.5, 0.6) is 0 Å². The summed E-state index contributed by atoms with van der Waals surface area (Å²) in [7, 11) is 0. The van der Waals surface area contributed by atoms with Crippen molar-refractivity contribution >= 4 is 29.3 Å². The van der Waals surface area contributed by atoms with Gasteiger partial charge in [0.1, 0.15) is 0 Å². The van der Waals surface area contributed by atoms with Crippen LogP contribution in [0.3, 0.4) is 0 Å². The number of nitro groups is 1. The van der Waals surface area contributed by atoms with Gasteiger partial charge in [0.15, 0.2) is 0 Å². The van der Waals surface area contributed by atoms with Crippen LogP contribution in [0.1, 0.15) is 11.3 Å². The first-order valence-corrected chi connectivity index (χ1v) is 4.52. The zero-order valence-electron chi connectivity index (χ0n) is 8.18. The van der Waals surface area contributed by atoms with Crippen LogP contribution in [0.2, 0.25) is 5.15 Å². The van der Waals surface area contributed by atoms with E-state index in [0.717, 1.165) is 6.08 Å². The maximum Gasteiger partial charge on any atom is 0.328 e. The van der Waals surface area contributed by atoms with E-state index in [1.54, 1.807) is 6.92 Å². The number of aliphatic carboxylic acids is 1. The van der Waals surface area contributed by atoms with Crippen LogP contribution in [-0.4, -0.2) is 21.0 Å². The van der Waals surface area contributed by atoms with E-state index in [9.17, 15) is 14.9 Å². The van der Waals surface area contributed by atoms with Gasteiger partial charge in [-0.3, -0.25) is 10.1 Å². The summed E-state index contributed by atoms with van der Waals surface area (Å²) in [5.41, 5.74) is 0.420. The third-order valence-corrected chi connectivity index (χ3v) is 2.07. The Morgan fingerprint density at radius 1 is 1.69 bits per heavy atom. The molecule has 0 unspecified atom stereocenters. The third-order valence-electron chi connectivity index (χ3n) is 1.79. The lowest BCUT2D eigenvalue weighted by Crippen LogP contribution is -1.96. The van der Waals surface area contributed by atoms with Crippen LogP contribution in [0, 0.1) is 17.0 Å². The molecule has 84 valence electrons. The minimum Gasteiger partial charge on any atom is -0.478 e. The van der Waals surface area contributed by atoms with Gasteiger partial charge in [0, 0.05) is 23.4 Å². The van der Waals surface area contributed by atoms with Gasteiger partial charge in [0.2, 0.25) is 5.15 Å². The fraction of sp³-hybridized carbons (Fsp3) is 0.111. The van der Waals surface area contributed by atoms with Gasteiger partial charge in [-0.15, -0.1) is 0 Å². The monoisotopic (exact) mass is 242 g/mol. The van der Waals surface area contributed by atoms with Gasteiger partial charge in [-0.1, -0.05) is 11.6 Å². The van der Waals surface area contributed by atoms with Crippen molar-refractivity contribution in [2.45, 2.75) is 6.92 Å². The Morgan fingerprint density at radius 2 is 2.31 bits per heavy atom. The first kappa shape index (κ1) is 12.1. The number of hydrogen-bond donors (Lipinski definition) is 1. The van der Waals surface area contributed by atoms with Crippen molar-refractivity contribution in [1.29, 1.82) is 0 Å². The maximum absolute atomic E-state index is 10.6. The lowest BCUT2D eigenvalue weighted by atomic mass is 10.2. The highest BCUT2D eigenvalue weighted by molar-refractivity contribution is 6.31. The molecule has 7 heteroatoms. The van der Waals surface area contributed by atoms with Gasteiger partial charge in [-0.2, -0.15) is 0 Å². The average molecular weight is 243 g/mol. The van der Waals surface area contributed by atoms with Crippen molar-refractivity contribution in [1.82, 2.24) is 4.98 Å². The molecule has 0 radical (unpaired) electrons. The largest absolute Gasteiger partial charge is 0.478 e. The van der Waals surface area contributed by atoms with Crippen molar-refractivity contribution in [2.24, 2.45) is 0 Å². The molecule has 0 saturated heterocycles. The van der Waals surface area contributed by atoms with Gasteiger partial charge in [0.25, 0.3) is 0 Å². The molecule has 0 aliphatic carbocycles. The quantitative estimate of drug-likeness (QED) is 0.379. The van der Waals surface area contributed by atoms with E-state index in [1.165, 1.54) is 12.1 Å². The maximum atomic E-state index is 10.6. The van der Waals surface area contributed by atoms with Gasteiger partial charge in [-0.25, -0.2) is 9.78 Å². The predicted octanol–water partition coefficient (Wildman–Crippen LogP) is 2.05. The molecular formula is C9H7ClN2O4. The summed E-state index contributed by atoms with van der Waals surface area (Å²) in [6.07, 6.45) is 2.11. The number of carboxylic acid groups (broad SMARTS) is 1. The molecule has 1 aromatic rings. The second kappa shape index (κ2) is 4.71. The van der Waals surface area contributed by atoms with E-state index >= 15 is 0 Å².